The number of carbonyl (C=O) groups is 1. The molecule has 1 aliphatic rings. The number of amides is 1. The van der Waals surface area contributed by atoms with Gasteiger partial charge in [0.1, 0.15) is 24.1 Å². The molecule has 1 amide bonds. The number of nitrogens with zero attached hydrogens (tertiary/aromatic N) is 3. The third-order valence-electron chi connectivity index (χ3n) is 4.58. The minimum absolute atomic E-state index is 0.581. The number of benzene rings is 1. The molecule has 28 heavy (non-hydrogen) atoms. The average molecular weight is 387 g/mol. The van der Waals surface area contributed by atoms with E-state index in [0.717, 1.165) is 16.7 Å². The molecule has 6 nitrogen and oxygen atoms in total. The van der Waals surface area contributed by atoms with Gasteiger partial charge in [0, 0.05) is 5.56 Å². The fraction of sp³-hybridized carbons (Fsp3) is 0.476. The van der Waals surface area contributed by atoms with Gasteiger partial charge in [-0.15, -0.1) is 0 Å². The van der Waals surface area contributed by atoms with Gasteiger partial charge in [-0.25, -0.2) is 9.18 Å². The van der Waals surface area contributed by atoms with Crippen molar-refractivity contribution in [1.29, 1.82) is 0 Å². The summed E-state index contributed by atoms with van der Waals surface area (Å²) in [7, 11) is 0. The molecule has 0 bridgehead atoms. The summed E-state index contributed by atoms with van der Waals surface area (Å²) in [6.45, 7) is 8.10. The molecule has 0 saturated carbocycles. The molecular formula is C21H26FN3O3. The van der Waals surface area contributed by atoms with E-state index >= 15 is 0 Å². The molecule has 1 aliphatic heterocycles. The maximum absolute atomic E-state index is 14.0. The molecule has 7 heteroatoms. The van der Waals surface area contributed by atoms with Crippen molar-refractivity contribution in [3.63, 3.8) is 0 Å². The number of hydrogen-bond acceptors (Lipinski definition) is 5. The molecule has 0 unspecified atom stereocenters. The molecule has 2 atom stereocenters. The summed E-state index contributed by atoms with van der Waals surface area (Å²) in [6.07, 6.45) is 2.14. The topological polar surface area (TPSA) is 64.5 Å². The second kappa shape index (κ2) is 7.47. The molecule has 150 valence electrons. The molecule has 1 fully saturated rings. The molecule has 0 radical (unpaired) electrons. The Bertz CT molecular complexity index is 819. The van der Waals surface area contributed by atoms with E-state index in [2.05, 4.69) is 10.2 Å². The van der Waals surface area contributed by atoms with Crippen LogP contribution in [0, 0.1) is 0 Å². The highest BCUT2D eigenvalue weighted by Gasteiger charge is 2.51. The van der Waals surface area contributed by atoms with Crippen molar-refractivity contribution in [2.24, 2.45) is 0 Å². The van der Waals surface area contributed by atoms with E-state index < -0.39 is 36.2 Å². The molecule has 3 rings (SSSR count). The number of halogens is 1. The number of alkyl halides is 1. The lowest BCUT2D eigenvalue weighted by Gasteiger charge is -2.34. The van der Waals surface area contributed by atoms with E-state index in [9.17, 15) is 9.18 Å². The van der Waals surface area contributed by atoms with Crippen LogP contribution in [0.1, 0.15) is 46.3 Å². The van der Waals surface area contributed by atoms with E-state index in [1.807, 2.05) is 30.3 Å². The molecule has 0 aliphatic carbocycles. The second-order valence-corrected chi connectivity index (χ2v) is 8.31. The lowest BCUT2D eigenvalue weighted by atomic mass is 9.99. The maximum atomic E-state index is 14.0. The van der Waals surface area contributed by atoms with Crippen molar-refractivity contribution in [2.45, 2.75) is 58.1 Å². The molecule has 2 heterocycles. The van der Waals surface area contributed by atoms with E-state index in [4.69, 9.17) is 9.47 Å². The van der Waals surface area contributed by atoms with Gasteiger partial charge in [0.2, 0.25) is 0 Å². The van der Waals surface area contributed by atoms with Crippen molar-refractivity contribution >= 4 is 6.09 Å². The fourth-order valence-electron chi connectivity index (χ4n) is 3.41. The van der Waals surface area contributed by atoms with Crippen LogP contribution in [0.25, 0.3) is 11.1 Å². The normalized spacial score (nSPS) is 21.6. The van der Waals surface area contributed by atoms with Crippen LogP contribution in [0.5, 0.6) is 0 Å². The lowest BCUT2D eigenvalue weighted by Crippen LogP contribution is -2.50. The van der Waals surface area contributed by atoms with Crippen LogP contribution < -0.4 is 0 Å². The molecule has 0 N–H and O–H groups in total. The first-order valence-electron chi connectivity index (χ1n) is 9.25. The monoisotopic (exact) mass is 387 g/mol. The summed E-state index contributed by atoms with van der Waals surface area (Å²) in [5.41, 5.74) is 1.04. The summed E-state index contributed by atoms with van der Waals surface area (Å²) >= 11 is 0. The van der Waals surface area contributed by atoms with Crippen LogP contribution in [0.4, 0.5) is 9.18 Å². The second-order valence-electron chi connectivity index (χ2n) is 8.31. The van der Waals surface area contributed by atoms with Crippen molar-refractivity contribution in [2.75, 3.05) is 6.67 Å². The maximum Gasteiger partial charge on any atom is 0.413 e. The van der Waals surface area contributed by atoms with Crippen molar-refractivity contribution in [3.8, 4) is 11.1 Å². The molecular weight excluding hydrogens is 361 g/mol. The Hall–Kier alpha value is -2.54. The third kappa shape index (κ3) is 4.14. The van der Waals surface area contributed by atoms with E-state index in [1.165, 1.54) is 4.90 Å². The first-order valence-corrected chi connectivity index (χ1v) is 9.25. The number of hydrogen-bond donors (Lipinski definition) is 0. The van der Waals surface area contributed by atoms with Crippen LogP contribution in [-0.2, 0) is 9.47 Å². The van der Waals surface area contributed by atoms with Gasteiger partial charge in [-0.1, -0.05) is 24.3 Å². The Kier molecular flexibility index (Phi) is 5.39. The summed E-state index contributed by atoms with van der Waals surface area (Å²) in [5, 5.41) is 7.66. The van der Waals surface area contributed by atoms with Gasteiger partial charge in [-0.2, -0.15) is 10.2 Å². The van der Waals surface area contributed by atoms with Gasteiger partial charge < -0.3 is 9.47 Å². The smallest absolute Gasteiger partial charge is 0.413 e. The van der Waals surface area contributed by atoms with Crippen molar-refractivity contribution in [1.82, 2.24) is 15.1 Å². The molecule has 1 aromatic heterocycles. The molecule has 1 saturated heterocycles. The summed E-state index contributed by atoms with van der Waals surface area (Å²) in [6, 6.07) is 8.72. The summed E-state index contributed by atoms with van der Waals surface area (Å²) < 4.78 is 25.6. The van der Waals surface area contributed by atoms with Gasteiger partial charge in [0.15, 0.2) is 0 Å². The zero-order valence-electron chi connectivity index (χ0n) is 16.8. The summed E-state index contributed by atoms with van der Waals surface area (Å²) in [5.74, 6) is 0. The zero-order valence-corrected chi connectivity index (χ0v) is 16.8. The Morgan fingerprint density at radius 3 is 2.39 bits per heavy atom. The number of carbonyl (C=O) groups excluding carboxylic acids is 1. The van der Waals surface area contributed by atoms with Crippen LogP contribution >= 0.6 is 0 Å². The predicted octanol–water partition coefficient (Wildman–Crippen LogP) is 4.53. The third-order valence-corrected chi connectivity index (χ3v) is 4.58. The van der Waals surface area contributed by atoms with Crippen molar-refractivity contribution < 1.29 is 18.7 Å². The molecule has 0 spiro atoms. The highest BCUT2D eigenvalue weighted by atomic mass is 19.1. The number of rotatable bonds is 3. The van der Waals surface area contributed by atoms with Gasteiger partial charge >= 0.3 is 6.09 Å². The van der Waals surface area contributed by atoms with Gasteiger partial charge in [-0.05, 0) is 51.8 Å². The Balaban J connectivity index is 1.87. The van der Waals surface area contributed by atoms with Gasteiger partial charge in [0.25, 0.3) is 0 Å². The highest BCUT2D eigenvalue weighted by Crippen LogP contribution is 2.42. The average Bonchev–Trinajstić information content (AvgIpc) is 2.92. The van der Waals surface area contributed by atoms with E-state index in [1.54, 1.807) is 47.0 Å². The molecule has 1 aromatic carbocycles. The fourth-order valence-corrected chi connectivity index (χ4v) is 3.41. The Morgan fingerprint density at radius 1 is 1.18 bits per heavy atom. The Labute approximate surface area is 164 Å². The SMILES string of the molecule is CC(C)(C)OC(=O)N1[C@H](CF)[C@@H](c2ccc(-c3ccnnc3)cc2)OC1(C)C. The highest BCUT2D eigenvalue weighted by molar-refractivity contribution is 5.70. The first-order chi connectivity index (χ1) is 13.1. The summed E-state index contributed by atoms with van der Waals surface area (Å²) in [4.78, 5) is 14.1. The van der Waals surface area contributed by atoms with Crippen LogP contribution in [-0.4, -0.2) is 45.2 Å². The number of ether oxygens (including phenoxy) is 2. The predicted molar refractivity (Wildman–Crippen MR) is 103 cm³/mol. The Morgan fingerprint density at radius 2 is 1.86 bits per heavy atom. The standard InChI is InChI=1S/C21H26FN3O3/c1-20(2,3)28-19(26)25-17(12-22)18(27-21(25,4)5)15-8-6-14(7-9-15)16-10-11-23-24-13-16/h6-11,13,17-18H,12H2,1-5H3/t17-,18-/m1/s1. The van der Waals surface area contributed by atoms with Crippen LogP contribution in [0.3, 0.4) is 0 Å². The molecule has 2 aromatic rings. The lowest BCUT2D eigenvalue weighted by molar-refractivity contribution is -0.0797. The van der Waals surface area contributed by atoms with Crippen LogP contribution in [0.15, 0.2) is 42.7 Å². The number of aromatic nitrogens is 2. The van der Waals surface area contributed by atoms with Gasteiger partial charge in [0.05, 0.1) is 18.4 Å². The first kappa shape index (κ1) is 20.2. The largest absolute Gasteiger partial charge is 0.444 e. The minimum Gasteiger partial charge on any atom is -0.444 e. The quantitative estimate of drug-likeness (QED) is 0.774. The van der Waals surface area contributed by atoms with E-state index in [0.29, 0.717) is 0 Å². The van der Waals surface area contributed by atoms with Crippen LogP contribution in [0.2, 0.25) is 0 Å². The minimum atomic E-state index is -0.989. The van der Waals surface area contributed by atoms with Gasteiger partial charge in [-0.3, -0.25) is 4.90 Å². The zero-order chi connectivity index (χ0) is 20.5. The van der Waals surface area contributed by atoms with Crippen molar-refractivity contribution in [3.05, 3.63) is 48.3 Å². The van der Waals surface area contributed by atoms with E-state index in [-0.39, 0.29) is 0 Å².